The Morgan fingerprint density at radius 1 is 1.19 bits per heavy atom. The highest BCUT2D eigenvalue weighted by Crippen LogP contribution is 2.44. The molecule has 0 aliphatic carbocycles. The Labute approximate surface area is 159 Å². The number of benzene rings is 2. The van der Waals surface area contributed by atoms with E-state index in [1.54, 1.807) is 0 Å². The molecule has 0 spiro atoms. The van der Waals surface area contributed by atoms with Crippen molar-refractivity contribution < 1.29 is 0 Å². The standard InChI is InChI=1S/C24H25NS/c1-5-24(4,6-2)19-12-11-18-17-9-7-8-10-21(17)26-23(18)22(19)20-15-16(3)13-14-25-20/h5,7-15,20,25H,1,6H2,2-4H3. The molecule has 2 atom stereocenters. The summed E-state index contributed by atoms with van der Waals surface area (Å²) >= 11 is 1.91. The summed E-state index contributed by atoms with van der Waals surface area (Å²) in [6.45, 7) is 10.9. The molecule has 0 saturated heterocycles. The van der Waals surface area contributed by atoms with Crippen LogP contribution in [0.25, 0.3) is 20.2 Å². The number of fused-ring (bicyclic) bond motifs is 3. The van der Waals surface area contributed by atoms with Crippen molar-refractivity contribution in [2.45, 2.75) is 38.6 Å². The van der Waals surface area contributed by atoms with Crippen molar-refractivity contribution in [2.75, 3.05) is 0 Å². The fourth-order valence-corrected chi connectivity index (χ4v) is 5.17. The molecule has 0 fully saturated rings. The second-order valence-corrected chi connectivity index (χ2v) is 8.42. The van der Waals surface area contributed by atoms with E-state index in [0.717, 1.165) is 6.42 Å². The average molecular weight is 360 g/mol. The van der Waals surface area contributed by atoms with Gasteiger partial charge in [0.15, 0.2) is 0 Å². The molecule has 2 unspecified atom stereocenters. The van der Waals surface area contributed by atoms with Crippen LogP contribution in [-0.2, 0) is 5.41 Å². The van der Waals surface area contributed by atoms with Crippen LogP contribution in [0.15, 0.2) is 73.0 Å². The number of hydrogen-bond donors (Lipinski definition) is 1. The maximum absolute atomic E-state index is 4.16. The summed E-state index contributed by atoms with van der Waals surface area (Å²) in [5, 5.41) is 6.29. The summed E-state index contributed by atoms with van der Waals surface area (Å²) in [4.78, 5) is 0. The molecule has 3 aromatic rings. The lowest BCUT2D eigenvalue weighted by Crippen LogP contribution is -2.24. The predicted molar refractivity (Wildman–Crippen MR) is 116 cm³/mol. The lowest BCUT2D eigenvalue weighted by Gasteiger charge is -2.31. The number of thiophene rings is 1. The van der Waals surface area contributed by atoms with Crippen LogP contribution in [0.1, 0.15) is 44.4 Å². The summed E-state index contributed by atoms with van der Waals surface area (Å²) in [6, 6.07) is 13.5. The number of rotatable bonds is 4. The first kappa shape index (κ1) is 17.1. The van der Waals surface area contributed by atoms with E-state index in [4.69, 9.17) is 0 Å². The highest BCUT2D eigenvalue weighted by molar-refractivity contribution is 7.26. The fraction of sp³-hybridized carbons (Fsp3) is 0.250. The van der Waals surface area contributed by atoms with Crippen LogP contribution >= 0.6 is 11.3 Å². The van der Waals surface area contributed by atoms with Gasteiger partial charge in [0.05, 0.1) is 6.04 Å². The smallest absolute Gasteiger partial charge is 0.0715 e. The van der Waals surface area contributed by atoms with Crippen molar-refractivity contribution in [1.82, 2.24) is 5.32 Å². The summed E-state index contributed by atoms with van der Waals surface area (Å²) in [5.41, 5.74) is 4.04. The molecule has 2 aromatic carbocycles. The molecular weight excluding hydrogens is 334 g/mol. The van der Waals surface area contributed by atoms with Crippen molar-refractivity contribution >= 4 is 31.5 Å². The number of dihydropyridines is 1. The van der Waals surface area contributed by atoms with Gasteiger partial charge in [-0.1, -0.05) is 61.9 Å². The van der Waals surface area contributed by atoms with Crippen molar-refractivity contribution in [2.24, 2.45) is 0 Å². The molecule has 0 saturated carbocycles. The molecule has 0 amide bonds. The maximum atomic E-state index is 4.16. The molecule has 4 rings (SSSR count). The first-order valence-corrected chi connectivity index (χ1v) is 10.1. The van der Waals surface area contributed by atoms with Gasteiger partial charge in [0.25, 0.3) is 0 Å². The van der Waals surface area contributed by atoms with Crippen molar-refractivity contribution in [3.05, 3.63) is 84.1 Å². The minimum atomic E-state index is -0.0374. The number of allylic oxidation sites excluding steroid dienone is 3. The molecule has 1 aromatic heterocycles. The molecule has 132 valence electrons. The van der Waals surface area contributed by atoms with Crippen LogP contribution in [-0.4, -0.2) is 0 Å². The van der Waals surface area contributed by atoms with Gasteiger partial charge in [-0.2, -0.15) is 0 Å². The van der Waals surface area contributed by atoms with E-state index in [9.17, 15) is 0 Å². The van der Waals surface area contributed by atoms with E-state index >= 15 is 0 Å². The predicted octanol–water partition coefficient (Wildman–Crippen LogP) is 7.01. The molecule has 1 aliphatic rings. The van der Waals surface area contributed by atoms with E-state index in [-0.39, 0.29) is 11.5 Å². The normalized spacial score (nSPS) is 19.2. The zero-order valence-corrected chi connectivity index (χ0v) is 16.5. The Morgan fingerprint density at radius 3 is 2.73 bits per heavy atom. The zero-order valence-electron chi connectivity index (χ0n) is 15.7. The van der Waals surface area contributed by atoms with Crippen molar-refractivity contribution in [1.29, 1.82) is 0 Å². The maximum Gasteiger partial charge on any atom is 0.0715 e. The largest absolute Gasteiger partial charge is 0.381 e. The average Bonchev–Trinajstić information content (AvgIpc) is 3.05. The minimum absolute atomic E-state index is 0.0374. The van der Waals surface area contributed by atoms with E-state index in [2.05, 4.69) is 93.5 Å². The summed E-state index contributed by atoms with van der Waals surface area (Å²) < 4.78 is 2.74. The minimum Gasteiger partial charge on any atom is -0.381 e. The molecule has 2 heterocycles. The Hall–Kier alpha value is -2.32. The second-order valence-electron chi connectivity index (χ2n) is 7.37. The Morgan fingerprint density at radius 2 is 2.00 bits per heavy atom. The summed E-state index contributed by atoms with van der Waals surface area (Å²) in [7, 11) is 0. The SMILES string of the molecule is C=CC(C)(CC)c1ccc2c(sc3ccccc32)c1C1C=C(C)C=CN1. The van der Waals surface area contributed by atoms with Gasteiger partial charge in [-0.15, -0.1) is 17.9 Å². The van der Waals surface area contributed by atoms with Crippen LogP contribution < -0.4 is 5.32 Å². The van der Waals surface area contributed by atoms with Gasteiger partial charge in [0, 0.05) is 31.2 Å². The van der Waals surface area contributed by atoms with Crippen LogP contribution in [0.2, 0.25) is 0 Å². The first-order valence-electron chi connectivity index (χ1n) is 9.26. The highest BCUT2D eigenvalue weighted by atomic mass is 32.1. The lowest BCUT2D eigenvalue weighted by molar-refractivity contribution is 0.561. The topological polar surface area (TPSA) is 12.0 Å². The van der Waals surface area contributed by atoms with E-state index in [1.165, 1.54) is 36.9 Å². The van der Waals surface area contributed by atoms with Crippen LogP contribution in [0.4, 0.5) is 0 Å². The van der Waals surface area contributed by atoms with Gasteiger partial charge in [-0.3, -0.25) is 0 Å². The van der Waals surface area contributed by atoms with E-state index < -0.39 is 0 Å². The third kappa shape index (κ3) is 2.60. The molecule has 1 aliphatic heterocycles. The molecule has 26 heavy (non-hydrogen) atoms. The first-order chi connectivity index (χ1) is 12.6. The Bertz CT molecular complexity index is 1050. The molecule has 0 radical (unpaired) electrons. The fourth-order valence-electron chi connectivity index (χ4n) is 3.88. The second kappa shape index (κ2) is 6.44. The third-order valence-corrected chi connectivity index (χ3v) is 6.97. The van der Waals surface area contributed by atoms with Crippen LogP contribution in [0.5, 0.6) is 0 Å². The van der Waals surface area contributed by atoms with E-state index in [1.807, 2.05) is 11.3 Å². The number of hydrogen-bond acceptors (Lipinski definition) is 2. The lowest BCUT2D eigenvalue weighted by atomic mass is 9.76. The Balaban J connectivity index is 2.08. The van der Waals surface area contributed by atoms with Gasteiger partial charge in [-0.05, 0) is 37.3 Å². The van der Waals surface area contributed by atoms with Gasteiger partial charge in [0.2, 0.25) is 0 Å². The highest BCUT2D eigenvalue weighted by Gasteiger charge is 2.29. The molecule has 1 N–H and O–H groups in total. The molecular formula is C24H25NS. The zero-order chi connectivity index (χ0) is 18.3. The molecule has 2 heteroatoms. The molecule has 0 bridgehead atoms. The van der Waals surface area contributed by atoms with Crippen LogP contribution in [0.3, 0.4) is 0 Å². The summed E-state index contributed by atoms with van der Waals surface area (Å²) in [5.74, 6) is 0. The van der Waals surface area contributed by atoms with Crippen molar-refractivity contribution in [3.63, 3.8) is 0 Å². The van der Waals surface area contributed by atoms with Gasteiger partial charge in [-0.25, -0.2) is 0 Å². The number of nitrogens with one attached hydrogen (secondary N) is 1. The molecule has 1 nitrogen and oxygen atoms in total. The van der Waals surface area contributed by atoms with Crippen molar-refractivity contribution in [3.8, 4) is 0 Å². The summed E-state index contributed by atoms with van der Waals surface area (Å²) in [6.07, 6.45) is 9.69. The third-order valence-electron chi connectivity index (χ3n) is 5.75. The Kier molecular flexibility index (Phi) is 4.24. The van der Waals surface area contributed by atoms with Gasteiger partial charge >= 0.3 is 0 Å². The monoisotopic (exact) mass is 359 g/mol. The van der Waals surface area contributed by atoms with E-state index in [0.29, 0.717) is 0 Å². The van der Waals surface area contributed by atoms with Gasteiger partial charge < -0.3 is 5.32 Å². The quantitative estimate of drug-likeness (QED) is 0.494. The van der Waals surface area contributed by atoms with Gasteiger partial charge in [0.1, 0.15) is 0 Å². The van der Waals surface area contributed by atoms with Crippen LogP contribution in [0, 0.1) is 0 Å².